The number of carbonyl (C=O) groups excluding carboxylic acids is 3. The van der Waals surface area contributed by atoms with Crippen molar-refractivity contribution in [2.45, 2.75) is 226 Å². The minimum Gasteiger partial charge on any atom is -0.462 e. The molecule has 0 radical (unpaired) electrons. The first kappa shape index (κ1) is 61.8. The number of hydrogen-bond acceptors (Lipinski definition) is 6. The van der Waals surface area contributed by atoms with E-state index in [1.54, 1.807) is 0 Å². The monoisotopic (exact) mass is 913 g/mol. The van der Waals surface area contributed by atoms with E-state index in [1.165, 1.54) is 83.5 Å². The van der Waals surface area contributed by atoms with E-state index < -0.39 is 6.10 Å². The van der Waals surface area contributed by atoms with Crippen LogP contribution in [-0.4, -0.2) is 37.2 Å². The Balaban J connectivity index is 4.53. The fourth-order valence-corrected chi connectivity index (χ4v) is 7.01. The third-order valence-electron chi connectivity index (χ3n) is 11.0. The number of carbonyl (C=O) groups is 3. The highest BCUT2D eigenvalue weighted by Gasteiger charge is 2.19. The van der Waals surface area contributed by atoms with Crippen LogP contribution in [-0.2, 0) is 28.6 Å². The highest BCUT2D eigenvalue weighted by atomic mass is 16.6. The first-order valence-corrected chi connectivity index (χ1v) is 26.7. The van der Waals surface area contributed by atoms with Gasteiger partial charge in [-0.25, -0.2) is 0 Å². The molecule has 0 saturated carbocycles. The summed E-state index contributed by atoms with van der Waals surface area (Å²) in [5.41, 5.74) is 0. The molecule has 6 heteroatoms. The van der Waals surface area contributed by atoms with Crippen LogP contribution in [0.4, 0.5) is 0 Å². The number of ether oxygens (including phenoxy) is 3. The van der Waals surface area contributed by atoms with E-state index in [1.807, 2.05) is 79.0 Å². The Kier molecular flexibility index (Phi) is 50.0. The van der Waals surface area contributed by atoms with Gasteiger partial charge in [0.2, 0.25) is 0 Å². The van der Waals surface area contributed by atoms with Crippen molar-refractivity contribution in [3.8, 4) is 0 Å². The molecule has 0 aromatic carbocycles. The molecular weight excluding hydrogens is 817 g/mol. The predicted molar refractivity (Wildman–Crippen MR) is 283 cm³/mol. The largest absolute Gasteiger partial charge is 0.462 e. The number of allylic oxidation sites excluding steroid dienone is 20. The summed E-state index contributed by atoms with van der Waals surface area (Å²) in [5, 5.41) is 0. The van der Waals surface area contributed by atoms with Crippen LogP contribution in [0.2, 0.25) is 0 Å². The highest BCUT2D eigenvalue weighted by Crippen LogP contribution is 2.15. The van der Waals surface area contributed by atoms with Crippen LogP contribution < -0.4 is 0 Å². The Morgan fingerprint density at radius 1 is 0.318 bits per heavy atom. The molecule has 1 unspecified atom stereocenters. The van der Waals surface area contributed by atoms with Gasteiger partial charge in [-0.1, -0.05) is 264 Å². The number of esters is 3. The average molecular weight is 913 g/mol. The van der Waals surface area contributed by atoms with Gasteiger partial charge in [0.1, 0.15) is 13.2 Å². The van der Waals surface area contributed by atoms with E-state index in [9.17, 15) is 14.4 Å². The van der Waals surface area contributed by atoms with Gasteiger partial charge in [-0.3, -0.25) is 14.4 Å². The van der Waals surface area contributed by atoms with Crippen LogP contribution in [0.25, 0.3) is 0 Å². The molecule has 0 amide bonds. The van der Waals surface area contributed by atoms with Crippen molar-refractivity contribution in [3.63, 3.8) is 0 Å². The molecule has 0 aliphatic heterocycles. The maximum absolute atomic E-state index is 12.8. The summed E-state index contributed by atoms with van der Waals surface area (Å²) < 4.78 is 16.8. The summed E-state index contributed by atoms with van der Waals surface area (Å²) in [6.07, 6.45) is 73.2. The Morgan fingerprint density at radius 2 is 0.591 bits per heavy atom. The van der Waals surface area contributed by atoms with E-state index in [-0.39, 0.29) is 31.1 Å². The molecular formula is C60H96O6. The molecule has 0 aliphatic carbocycles. The fourth-order valence-electron chi connectivity index (χ4n) is 7.01. The van der Waals surface area contributed by atoms with Gasteiger partial charge in [0.25, 0.3) is 0 Å². The lowest BCUT2D eigenvalue weighted by atomic mass is 10.0. The molecule has 0 fully saturated rings. The zero-order valence-corrected chi connectivity index (χ0v) is 42.4. The lowest BCUT2D eigenvalue weighted by Gasteiger charge is -2.18. The van der Waals surface area contributed by atoms with Gasteiger partial charge < -0.3 is 14.2 Å². The lowest BCUT2D eigenvalue weighted by Crippen LogP contribution is -2.30. The topological polar surface area (TPSA) is 78.9 Å². The molecule has 0 rings (SSSR count). The van der Waals surface area contributed by atoms with Crippen LogP contribution in [0.3, 0.4) is 0 Å². The van der Waals surface area contributed by atoms with Crippen LogP contribution in [0, 0.1) is 0 Å². The van der Waals surface area contributed by atoms with Gasteiger partial charge in [-0.2, -0.15) is 0 Å². The number of unbranched alkanes of at least 4 members (excludes halogenated alkanes) is 23. The second-order valence-corrected chi connectivity index (χ2v) is 17.3. The highest BCUT2D eigenvalue weighted by molar-refractivity contribution is 5.71. The third-order valence-corrected chi connectivity index (χ3v) is 11.0. The van der Waals surface area contributed by atoms with E-state index in [0.717, 1.165) is 96.3 Å². The van der Waals surface area contributed by atoms with Crippen molar-refractivity contribution in [1.29, 1.82) is 0 Å². The van der Waals surface area contributed by atoms with E-state index in [4.69, 9.17) is 14.2 Å². The van der Waals surface area contributed by atoms with Gasteiger partial charge >= 0.3 is 17.9 Å². The molecule has 0 aromatic rings. The Labute approximate surface area is 405 Å². The molecule has 66 heavy (non-hydrogen) atoms. The van der Waals surface area contributed by atoms with Crippen LogP contribution in [0.15, 0.2) is 122 Å². The molecule has 0 heterocycles. The van der Waals surface area contributed by atoms with Gasteiger partial charge in [0.05, 0.1) is 0 Å². The SMILES string of the molecule is CC\C=C/C=C\C=C/C=C\C=C\C=C/CCCCCC(=O)OCC(COC(=O)CCCCCCC\C=C/C=C\C=C/C=C\CC)OC(=O)CCCCCCCCCCCCCCCCCC. The van der Waals surface area contributed by atoms with E-state index >= 15 is 0 Å². The average Bonchev–Trinajstić information content (AvgIpc) is 3.31. The van der Waals surface area contributed by atoms with Crippen molar-refractivity contribution in [3.05, 3.63) is 122 Å². The van der Waals surface area contributed by atoms with Crippen molar-refractivity contribution >= 4 is 17.9 Å². The normalized spacial score (nSPS) is 13.1. The summed E-state index contributed by atoms with van der Waals surface area (Å²) >= 11 is 0. The molecule has 0 aromatic heterocycles. The van der Waals surface area contributed by atoms with Crippen LogP contribution >= 0.6 is 0 Å². The van der Waals surface area contributed by atoms with Gasteiger partial charge in [0.15, 0.2) is 6.10 Å². The Hall–Kier alpha value is -4.19. The summed E-state index contributed by atoms with van der Waals surface area (Å²) in [5.74, 6) is -0.974. The minimum absolute atomic E-state index is 0.107. The van der Waals surface area contributed by atoms with E-state index in [0.29, 0.717) is 19.3 Å². The molecule has 6 nitrogen and oxygen atoms in total. The predicted octanol–water partition coefficient (Wildman–Crippen LogP) is 17.7. The number of hydrogen-bond donors (Lipinski definition) is 0. The summed E-state index contributed by atoms with van der Waals surface area (Å²) in [7, 11) is 0. The van der Waals surface area contributed by atoms with Crippen molar-refractivity contribution in [2.24, 2.45) is 0 Å². The lowest BCUT2D eigenvalue weighted by molar-refractivity contribution is -0.167. The van der Waals surface area contributed by atoms with Crippen LogP contribution in [0.5, 0.6) is 0 Å². The molecule has 0 spiro atoms. The molecule has 0 saturated heterocycles. The third kappa shape index (κ3) is 50.8. The second-order valence-electron chi connectivity index (χ2n) is 17.3. The van der Waals surface area contributed by atoms with Crippen molar-refractivity contribution < 1.29 is 28.6 Å². The van der Waals surface area contributed by atoms with Gasteiger partial charge in [-0.05, 0) is 57.8 Å². The first-order valence-electron chi connectivity index (χ1n) is 26.7. The maximum Gasteiger partial charge on any atom is 0.306 e. The first-order chi connectivity index (χ1) is 32.5. The quantitative estimate of drug-likeness (QED) is 0.0262. The smallest absolute Gasteiger partial charge is 0.306 e. The minimum atomic E-state index is -0.808. The molecule has 1 atom stereocenters. The Morgan fingerprint density at radius 3 is 0.939 bits per heavy atom. The molecule has 372 valence electrons. The number of rotatable bonds is 46. The van der Waals surface area contributed by atoms with E-state index in [2.05, 4.69) is 63.3 Å². The molecule has 0 bridgehead atoms. The molecule has 0 aliphatic rings. The van der Waals surface area contributed by atoms with Gasteiger partial charge in [-0.15, -0.1) is 0 Å². The zero-order valence-electron chi connectivity index (χ0n) is 42.4. The van der Waals surface area contributed by atoms with Crippen molar-refractivity contribution in [1.82, 2.24) is 0 Å². The summed E-state index contributed by atoms with van der Waals surface area (Å²) in [6.45, 7) is 6.29. The summed E-state index contributed by atoms with van der Waals surface area (Å²) in [6, 6.07) is 0. The van der Waals surface area contributed by atoms with Crippen molar-refractivity contribution in [2.75, 3.05) is 13.2 Å². The second kappa shape index (κ2) is 53.4. The standard InChI is InChI=1S/C60H96O6/c1-4-7-10-13-16-19-22-25-28-30-33-35-38-41-44-47-50-53-59(62)65-56-57(55-64-58(61)52-49-46-43-40-37-34-31-27-24-21-18-15-12-9-6-3)66-60(63)54-51-48-45-42-39-36-32-29-26-23-20-17-14-11-8-5-2/h7,9-10,12-13,15-16,18-19,21-22,24-25,27-28,30-31,33,35,38,57H,4-6,8,11,14,17,20,23,26,29,32,34,36-37,39-56H2,1-3H3/b10-7-,12-9-,16-13-,18-15-,22-19-,24-21-,28-25-,31-27-,33-30+,38-35-. The zero-order chi connectivity index (χ0) is 47.9. The maximum atomic E-state index is 12.8. The fraction of sp³-hybridized carbons (Fsp3) is 0.617. The van der Waals surface area contributed by atoms with Gasteiger partial charge in [0, 0.05) is 19.3 Å². The van der Waals surface area contributed by atoms with Crippen LogP contribution in [0.1, 0.15) is 220 Å². The summed E-state index contributed by atoms with van der Waals surface area (Å²) in [4.78, 5) is 38.1. The molecule has 0 N–H and O–H groups in total. The Bertz CT molecular complexity index is 1420.